The van der Waals surface area contributed by atoms with E-state index in [9.17, 15) is 24.0 Å². The smallest absolute Gasteiger partial charge is 0.407 e. The first kappa shape index (κ1) is 114. The van der Waals surface area contributed by atoms with Crippen LogP contribution in [0.25, 0.3) is 34.1 Å². The number of alkyl carbamates (subject to hydrolysis) is 1. The first-order chi connectivity index (χ1) is 72.4. The lowest BCUT2D eigenvalue weighted by Crippen LogP contribution is -2.50. The lowest BCUT2D eigenvalue weighted by atomic mass is 9.91. The van der Waals surface area contributed by atoms with Gasteiger partial charge in [0.25, 0.3) is 11.8 Å². The highest BCUT2D eigenvalue weighted by Crippen LogP contribution is 2.30. The molecule has 19 rings (SSSR count). The van der Waals surface area contributed by atoms with Gasteiger partial charge >= 0.3 is 18.0 Å². The van der Waals surface area contributed by atoms with Gasteiger partial charge in [0, 0.05) is 92.3 Å². The van der Waals surface area contributed by atoms with E-state index < -0.39 is 29.4 Å². The predicted octanol–water partition coefficient (Wildman–Crippen LogP) is 14.1. The summed E-state index contributed by atoms with van der Waals surface area (Å²) in [7, 11) is 0. The molecule has 780 valence electrons. The van der Waals surface area contributed by atoms with Crippen molar-refractivity contribution >= 4 is 163 Å². The Morgan fingerprint density at radius 2 is 0.760 bits per heavy atom. The first-order valence-electron chi connectivity index (χ1n) is 46.3. The van der Waals surface area contributed by atoms with Crippen LogP contribution in [0.1, 0.15) is 127 Å². The number of anilines is 11. The molecule has 21 N–H and O–H groups in total. The van der Waals surface area contributed by atoms with Crippen LogP contribution in [0.5, 0.6) is 0 Å². The molecule has 4 atom stereocenters. The number of nitrogens with zero attached hydrogens (tertiary/aromatic N) is 26. The fourth-order valence-corrected chi connectivity index (χ4v) is 15.4. The van der Waals surface area contributed by atoms with E-state index in [0.717, 1.165) is 108 Å². The molecule has 0 radical (unpaired) electrons. The van der Waals surface area contributed by atoms with Crippen LogP contribution in [0.4, 0.5) is 68.0 Å². The van der Waals surface area contributed by atoms with Gasteiger partial charge in [-0.1, -0.05) is 120 Å². The zero-order chi connectivity index (χ0) is 107. The Kier molecular flexibility index (Phi) is 44.3. The zero-order valence-electron chi connectivity index (χ0n) is 82.8. The van der Waals surface area contributed by atoms with E-state index in [0.29, 0.717) is 62.5 Å². The molecule has 0 spiro atoms. The Balaban J connectivity index is 0.000000164. The average Bonchev–Trinajstić information content (AvgIpc) is 0.839. The van der Waals surface area contributed by atoms with Gasteiger partial charge in [0.2, 0.25) is 5.95 Å². The van der Waals surface area contributed by atoms with Crippen LogP contribution in [-0.4, -0.2) is 221 Å². The number of rotatable bonds is 24. The number of nitrogen functional groups attached to an aromatic ring is 4. The van der Waals surface area contributed by atoms with Gasteiger partial charge in [0.15, 0.2) is 15.5 Å². The lowest BCUT2D eigenvalue weighted by Gasteiger charge is -2.30. The fourth-order valence-electron chi connectivity index (χ4n) is 13.6. The number of thioether (sulfide) groups is 3. The number of hydrogen-bond acceptors (Lipinski definition) is 41. The minimum Gasteiger partial charge on any atom is -0.462 e. The number of carbonyl (C=O) groups is 5. The molecule has 52 heteroatoms. The molecule has 150 heavy (non-hydrogen) atoms. The number of nitrogens with one attached hydrogen (secondary N) is 5. The average molecular weight is 2220 g/mol. The Morgan fingerprint density at radius 1 is 0.420 bits per heavy atom. The molecule has 47 nitrogen and oxygen atoms in total. The maximum absolute atomic E-state index is 12.1. The van der Waals surface area contributed by atoms with Gasteiger partial charge in [-0.25, -0.2) is 54.0 Å². The maximum Gasteiger partial charge on any atom is 0.407 e. The van der Waals surface area contributed by atoms with Crippen molar-refractivity contribution in [3.8, 4) is 34.1 Å². The van der Waals surface area contributed by atoms with E-state index in [-0.39, 0.29) is 64.3 Å². The van der Waals surface area contributed by atoms with Crippen LogP contribution in [0.3, 0.4) is 0 Å². The predicted molar refractivity (Wildman–Crippen MR) is 586 cm³/mol. The molecule has 2 fully saturated rings. The molecule has 17 aromatic rings. The quantitative estimate of drug-likeness (QED) is 0.00508. The van der Waals surface area contributed by atoms with Crippen molar-refractivity contribution in [3.05, 3.63) is 300 Å². The second-order valence-corrected chi connectivity index (χ2v) is 36.6. The Labute approximate surface area is 894 Å². The normalized spacial score (nSPS) is 13.5. The van der Waals surface area contributed by atoms with Crippen LogP contribution in [0.2, 0.25) is 5.15 Å². The highest BCUT2D eigenvalue weighted by Gasteiger charge is 2.28. The molecule has 10 heterocycles. The topological polar surface area (TPSA) is 669 Å². The summed E-state index contributed by atoms with van der Waals surface area (Å²) < 4.78 is 17.9. The third kappa shape index (κ3) is 36.7. The van der Waals surface area contributed by atoms with Crippen molar-refractivity contribution in [2.24, 2.45) is 22.9 Å². The van der Waals surface area contributed by atoms with Gasteiger partial charge in [-0.05, 0) is 229 Å². The summed E-state index contributed by atoms with van der Waals surface area (Å²) in [6, 6.07) is 52.7. The number of ether oxygens (including phenoxy) is 3. The molecular weight excluding hydrogens is 2110 g/mol. The van der Waals surface area contributed by atoms with Crippen molar-refractivity contribution in [2.45, 2.75) is 131 Å². The third-order valence-electron chi connectivity index (χ3n) is 20.5. The second kappa shape index (κ2) is 58.5. The summed E-state index contributed by atoms with van der Waals surface area (Å²) in [5, 5.41) is 65.4. The van der Waals surface area contributed by atoms with Crippen molar-refractivity contribution in [1.29, 1.82) is 0 Å². The molecule has 10 aromatic heterocycles. The van der Waals surface area contributed by atoms with Gasteiger partial charge in [0.1, 0.15) is 50.5 Å². The van der Waals surface area contributed by atoms with Crippen LogP contribution >= 0.6 is 69.5 Å². The van der Waals surface area contributed by atoms with Gasteiger partial charge in [-0.15, -0.1) is 5.10 Å². The lowest BCUT2D eigenvalue weighted by molar-refractivity contribution is 0.0481. The van der Waals surface area contributed by atoms with Crippen molar-refractivity contribution in [1.82, 2.24) is 135 Å². The second-order valence-electron chi connectivity index (χ2n) is 32.6. The van der Waals surface area contributed by atoms with Gasteiger partial charge < -0.3 is 86.7 Å². The van der Waals surface area contributed by atoms with E-state index >= 15 is 0 Å². The number of nitrogens with two attached hydrogens (primary N) is 8. The molecule has 3 amide bonds. The molecule has 0 saturated heterocycles. The molecule has 7 aromatic carbocycles. The first-order valence-corrected chi connectivity index (χ1v) is 51.4. The van der Waals surface area contributed by atoms with Crippen molar-refractivity contribution < 1.29 is 38.2 Å². The Hall–Kier alpha value is -16.8. The summed E-state index contributed by atoms with van der Waals surface area (Å²) in [6.45, 7) is 9.63. The number of halogens is 2. The van der Waals surface area contributed by atoms with Crippen LogP contribution in [0, 0.1) is 3.57 Å². The molecule has 0 unspecified atom stereocenters. The Bertz CT molecular complexity index is 6890. The van der Waals surface area contributed by atoms with E-state index in [1.165, 1.54) is 87.6 Å². The SMILES string of the molecule is CC(C)(C)OC(=O)N[C@@H]1CCCC[C@@H]1N.CCOC(=O)c1cnc(SC)nc1Cl.CCOC(=O)c1cnc(SC)nc1Nc1cccc(-n2nccn2)c1.CSc1ncc(C(N)=O)c(Nc2cccc(-n3nccn3)c2)n1.NC(=O)c1cnc(N[C@H]2CCCC[C@H]2N)nc1Nc1cccc(-n2nccn2)c1.Nc1cccc(-n2ccnn2)c1.Nc1cccc(-n2nccn2)c1.Nc1cccc(-n2nccn2)c1.Nc1cccc(I)c1. The van der Waals surface area contributed by atoms with Gasteiger partial charge in [-0.2, -0.15) is 80.0 Å². The summed E-state index contributed by atoms with van der Waals surface area (Å²) in [6.07, 6.45) is 38.8. The standard InChI is InChI=1S/C19H23N9O.C16H16N6O2S.C14H13N7OS.C11H22N2O2.C8H9ClN2O2S.3C8H8N4.C6H6IN/c20-15-6-1-2-7-16(15)26-19-22-11-14(17(21)29)18(27-19)25-12-4-3-5-13(10-12)28-23-8-9-24-28;1-3-24-15(23)13-10-17-16(25-2)21-14(13)20-11-5-4-6-12(9-11)22-18-7-8-19-22;1-23-14-16-8-11(12(15)22)13(20-14)19-9-3-2-4-10(7-9)21-17-5-6-18-21;1-11(2,3)15-10(14)13-9-7-5-4-6-8(9)12;1-3-13-7(12)5-4-10-8(14-2)11-6(5)9;9-7-2-1-3-8(6-7)12-5-4-10-11-12;2*9-7-2-1-3-8(6-7)12-10-4-5-11-12;7-5-2-1-3-6(8)4-5/h3-5,8-11,15-16H,1-2,6-7,20H2,(H2,21,29)(H2,22,25,26,27);4-10H,3H2,1-2H3,(H,17,20,21);2-8H,1H3,(H2,15,22)(H,16,19,20);8-9H,4-7,12H2,1-3H3,(H,13,14);4H,3H2,1-2H3;3*1-6H,9H2;1-4H,8H2/t15-,16+;;;8-,9+;;;;;/m1..0...../s1. The van der Waals surface area contributed by atoms with Crippen molar-refractivity contribution in [2.75, 3.05) is 76.2 Å². The van der Waals surface area contributed by atoms with Crippen molar-refractivity contribution in [3.63, 3.8) is 0 Å². The number of amides is 3. The number of hydrogen-bond donors (Lipinski definition) is 13. The number of primary amides is 2. The minimum atomic E-state index is -0.613. The number of aromatic nitrogens is 26. The number of esters is 2. The van der Waals surface area contributed by atoms with Crippen LogP contribution in [0.15, 0.2) is 284 Å². The van der Waals surface area contributed by atoms with Crippen LogP contribution < -0.4 is 72.5 Å². The van der Waals surface area contributed by atoms with Crippen LogP contribution in [-0.2, 0) is 14.2 Å². The molecule has 2 aliphatic rings. The highest BCUT2D eigenvalue weighted by atomic mass is 127. The summed E-state index contributed by atoms with van der Waals surface area (Å²) in [4.78, 5) is 99.3. The van der Waals surface area contributed by atoms with E-state index in [2.05, 4.69) is 150 Å². The summed E-state index contributed by atoms with van der Waals surface area (Å²) in [5.74, 6) is -0.684. The summed E-state index contributed by atoms with van der Waals surface area (Å²) >= 11 is 12.1. The molecular formula is C98H113ClIN39O8S3. The zero-order valence-corrected chi connectivity index (χ0v) is 88.1. The Morgan fingerprint density at radius 3 is 1.12 bits per heavy atom. The van der Waals surface area contributed by atoms with Gasteiger partial charge in [-0.3, -0.25) is 9.59 Å². The molecule has 0 aliphatic heterocycles. The van der Waals surface area contributed by atoms with E-state index in [1.807, 2.05) is 209 Å². The minimum absolute atomic E-state index is 0.0535. The molecule has 2 saturated carbocycles. The monoisotopic (exact) mass is 2220 g/mol. The third-order valence-corrected chi connectivity index (χ3v) is 23.1. The number of carbonyl (C=O) groups excluding carboxylic acids is 5. The highest BCUT2D eigenvalue weighted by molar-refractivity contribution is 14.1. The van der Waals surface area contributed by atoms with E-state index in [4.69, 9.17) is 71.7 Å². The molecule has 2 aliphatic carbocycles. The largest absolute Gasteiger partial charge is 0.462 e. The van der Waals surface area contributed by atoms with Gasteiger partial charge in [0.05, 0.1) is 122 Å². The fraction of sp³-hybridized carbons (Fsp3) is 0.235. The van der Waals surface area contributed by atoms with E-state index in [1.54, 1.807) is 92.9 Å². The molecule has 0 bridgehead atoms. The summed E-state index contributed by atoms with van der Waals surface area (Å²) in [5.41, 5.74) is 55.9. The maximum atomic E-state index is 12.1. The number of benzene rings is 7.